The fraction of sp³-hybridized carbons (Fsp3) is 0.500. The minimum absolute atomic E-state index is 0.538. The van der Waals surface area contributed by atoms with Gasteiger partial charge in [0.05, 0.1) is 0 Å². The average molecular weight is 272 g/mol. The van der Waals surface area contributed by atoms with Crippen molar-refractivity contribution in [3.05, 3.63) is 30.5 Å². The molecule has 1 aliphatic heterocycles. The summed E-state index contributed by atoms with van der Waals surface area (Å²) in [7, 11) is 3.92. The summed E-state index contributed by atoms with van der Waals surface area (Å²) in [5.74, 6) is 3.43. The van der Waals surface area contributed by atoms with Crippen LogP contribution in [-0.2, 0) is 0 Å². The third kappa shape index (κ3) is 2.59. The number of hydrogen-bond donors (Lipinski definition) is 1. The van der Waals surface area contributed by atoms with Crippen LogP contribution in [0.25, 0.3) is 0 Å². The van der Waals surface area contributed by atoms with Crippen LogP contribution in [0.4, 0.5) is 11.8 Å². The van der Waals surface area contributed by atoms with E-state index < -0.39 is 0 Å². The zero-order chi connectivity index (χ0) is 13.9. The van der Waals surface area contributed by atoms with Gasteiger partial charge in [0.2, 0.25) is 5.95 Å². The van der Waals surface area contributed by atoms with Crippen molar-refractivity contribution in [2.75, 3.05) is 37.0 Å². The van der Waals surface area contributed by atoms with E-state index >= 15 is 0 Å². The van der Waals surface area contributed by atoms with E-state index in [1.54, 1.807) is 0 Å². The van der Waals surface area contributed by atoms with Gasteiger partial charge in [-0.1, -0.05) is 0 Å². The highest BCUT2D eigenvalue weighted by Crippen LogP contribution is 2.27. The molecule has 1 saturated heterocycles. The van der Waals surface area contributed by atoms with E-state index in [0.717, 1.165) is 43.5 Å². The average Bonchev–Trinajstić information content (AvgIpc) is 3.02. The van der Waals surface area contributed by atoms with E-state index in [-0.39, 0.29) is 0 Å². The predicted octanol–water partition coefficient (Wildman–Crippen LogP) is 1.65. The monoisotopic (exact) mass is 272 g/mol. The van der Waals surface area contributed by atoms with Crippen LogP contribution in [0.3, 0.4) is 0 Å². The Bertz CT molecular complexity index is 543. The molecule has 0 spiro atoms. The van der Waals surface area contributed by atoms with E-state index in [9.17, 15) is 0 Å². The molecule has 3 heterocycles. The second-order valence-corrected chi connectivity index (χ2v) is 5.35. The number of imidazole rings is 1. The first kappa shape index (κ1) is 12.9. The lowest BCUT2D eigenvalue weighted by Gasteiger charge is -2.32. The van der Waals surface area contributed by atoms with E-state index in [4.69, 9.17) is 0 Å². The van der Waals surface area contributed by atoms with E-state index in [1.807, 2.05) is 43.7 Å². The minimum atomic E-state index is 0.538. The van der Waals surface area contributed by atoms with Crippen molar-refractivity contribution in [2.24, 2.45) is 0 Å². The van der Waals surface area contributed by atoms with Crippen LogP contribution >= 0.6 is 0 Å². The quantitative estimate of drug-likeness (QED) is 0.920. The first-order valence-electron chi connectivity index (χ1n) is 6.98. The maximum Gasteiger partial charge on any atom is 0.226 e. The Morgan fingerprint density at radius 2 is 2.00 bits per heavy atom. The number of nitrogens with one attached hydrogen (secondary N) is 1. The van der Waals surface area contributed by atoms with Crippen LogP contribution in [0.2, 0.25) is 0 Å². The summed E-state index contributed by atoms with van der Waals surface area (Å²) in [5.41, 5.74) is 0. The number of aromatic nitrogens is 4. The molecule has 1 N–H and O–H groups in total. The molecular formula is C14H20N6. The molecule has 106 valence electrons. The maximum atomic E-state index is 4.60. The number of aromatic amines is 1. The van der Waals surface area contributed by atoms with Crippen molar-refractivity contribution in [3.63, 3.8) is 0 Å². The van der Waals surface area contributed by atoms with E-state index in [2.05, 4.69) is 24.8 Å². The molecule has 2 aromatic rings. The fourth-order valence-corrected chi connectivity index (χ4v) is 2.61. The molecule has 0 atom stereocenters. The molecule has 0 aliphatic carbocycles. The minimum Gasteiger partial charge on any atom is -0.356 e. The van der Waals surface area contributed by atoms with E-state index in [0.29, 0.717) is 5.92 Å². The summed E-state index contributed by atoms with van der Waals surface area (Å²) < 4.78 is 0. The first-order valence-corrected chi connectivity index (χ1v) is 6.98. The molecule has 0 saturated carbocycles. The maximum absolute atomic E-state index is 4.60. The highest BCUT2D eigenvalue weighted by Gasteiger charge is 2.23. The van der Waals surface area contributed by atoms with Crippen molar-refractivity contribution in [1.82, 2.24) is 19.9 Å². The van der Waals surface area contributed by atoms with Gasteiger partial charge in [0.15, 0.2) is 0 Å². The topological polar surface area (TPSA) is 60.9 Å². The summed E-state index contributed by atoms with van der Waals surface area (Å²) >= 11 is 0. The van der Waals surface area contributed by atoms with Crippen LogP contribution in [0, 0.1) is 0 Å². The van der Waals surface area contributed by atoms with Crippen molar-refractivity contribution in [1.29, 1.82) is 0 Å². The van der Waals surface area contributed by atoms with Crippen molar-refractivity contribution in [3.8, 4) is 0 Å². The number of nitrogens with zero attached hydrogens (tertiary/aromatic N) is 5. The van der Waals surface area contributed by atoms with Gasteiger partial charge < -0.3 is 14.8 Å². The van der Waals surface area contributed by atoms with Crippen LogP contribution < -0.4 is 9.80 Å². The van der Waals surface area contributed by atoms with Gasteiger partial charge in [0.25, 0.3) is 0 Å². The van der Waals surface area contributed by atoms with Gasteiger partial charge >= 0.3 is 0 Å². The second-order valence-electron chi connectivity index (χ2n) is 5.35. The Kier molecular flexibility index (Phi) is 3.54. The van der Waals surface area contributed by atoms with Crippen LogP contribution in [0.15, 0.2) is 24.7 Å². The number of anilines is 2. The second kappa shape index (κ2) is 5.48. The number of rotatable bonds is 3. The van der Waals surface area contributed by atoms with Crippen molar-refractivity contribution < 1.29 is 0 Å². The number of piperidine rings is 1. The molecule has 0 bridgehead atoms. The molecular weight excluding hydrogens is 252 g/mol. The standard InChI is InChI=1S/C14H20N6/c1-19(2)14-17-6-3-12(18-14)20-9-4-11(5-10-20)13-15-7-8-16-13/h3,6-8,11H,4-5,9-10H2,1-2H3,(H,15,16). The molecule has 1 fully saturated rings. The lowest BCUT2D eigenvalue weighted by atomic mass is 9.96. The fourth-order valence-electron chi connectivity index (χ4n) is 2.61. The lowest BCUT2D eigenvalue weighted by Crippen LogP contribution is -2.34. The van der Waals surface area contributed by atoms with Crippen molar-refractivity contribution >= 4 is 11.8 Å². The molecule has 0 amide bonds. The largest absolute Gasteiger partial charge is 0.356 e. The van der Waals surface area contributed by atoms with Gasteiger partial charge in [-0.15, -0.1) is 0 Å². The molecule has 0 aromatic carbocycles. The third-order valence-electron chi connectivity index (χ3n) is 3.75. The SMILES string of the molecule is CN(C)c1nccc(N2CCC(c3ncc[nH]3)CC2)n1. The summed E-state index contributed by atoms with van der Waals surface area (Å²) in [6, 6.07) is 1.99. The summed E-state index contributed by atoms with van der Waals surface area (Å²) in [4.78, 5) is 20.7. The lowest BCUT2D eigenvalue weighted by molar-refractivity contribution is 0.486. The third-order valence-corrected chi connectivity index (χ3v) is 3.75. The van der Waals surface area contributed by atoms with Gasteiger partial charge in [-0.3, -0.25) is 0 Å². The highest BCUT2D eigenvalue weighted by atomic mass is 15.3. The van der Waals surface area contributed by atoms with Gasteiger partial charge in [0.1, 0.15) is 11.6 Å². The van der Waals surface area contributed by atoms with Gasteiger partial charge in [-0.2, -0.15) is 4.98 Å². The van der Waals surface area contributed by atoms with Gasteiger partial charge in [0, 0.05) is 51.7 Å². The number of H-pyrrole nitrogens is 1. The molecule has 3 rings (SSSR count). The molecule has 1 aliphatic rings. The Morgan fingerprint density at radius 1 is 1.20 bits per heavy atom. The predicted molar refractivity (Wildman–Crippen MR) is 79.1 cm³/mol. The normalized spacial score (nSPS) is 16.4. The Hall–Kier alpha value is -2.11. The Balaban J connectivity index is 1.67. The van der Waals surface area contributed by atoms with Crippen LogP contribution in [0.1, 0.15) is 24.6 Å². The Labute approximate surface area is 118 Å². The summed E-state index contributed by atoms with van der Waals surface area (Å²) in [5, 5.41) is 0. The first-order chi connectivity index (χ1) is 9.74. The smallest absolute Gasteiger partial charge is 0.226 e. The zero-order valence-electron chi connectivity index (χ0n) is 12.0. The Morgan fingerprint density at radius 3 is 2.65 bits per heavy atom. The van der Waals surface area contributed by atoms with Crippen LogP contribution in [0.5, 0.6) is 0 Å². The molecule has 0 unspecified atom stereocenters. The highest BCUT2D eigenvalue weighted by molar-refractivity contribution is 5.43. The summed E-state index contributed by atoms with van der Waals surface area (Å²) in [6.07, 6.45) is 7.77. The molecule has 20 heavy (non-hydrogen) atoms. The van der Waals surface area contributed by atoms with Gasteiger partial charge in [-0.05, 0) is 18.9 Å². The summed E-state index contributed by atoms with van der Waals surface area (Å²) in [6.45, 7) is 2.02. The van der Waals surface area contributed by atoms with E-state index in [1.165, 1.54) is 0 Å². The molecule has 2 aromatic heterocycles. The van der Waals surface area contributed by atoms with Crippen molar-refractivity contribution in [2.45, 2.75) is 18.8 Å². The van der Waals surface area contributed by atoms with Gasteiger partial charge in [-0.25, -0.2) is 9.97 Å². The molecule has 0 radical (unpaired) electrons. The number of hydrogen-bond acceptors (Lipinski definition) is 5. The van der Waals surface area contributed by atoms with Crippen LogP contribution in [-0.4, -0.2) is 47.1 Å². The molecule has 6 heteroatoms. The molecule has 6 nitrogen and oxygen atoms in total. The zero-order valence-corrected chi connectivity index (χ0v) is 12.0.